The van der Waals surface area contributed by atoms with Crippen molar-refractivity contribution >= 4 is 17.6 Å². The number of nitrogens with one attached hydrogen (secondary N) is 2. The van der Waals surface area contributed by atoms with E-state index in [-0.39, 0.29) is 11.3 Å². The normalized spacial score (nSPS) is 45.9. The smallest absolute Gasteiger partial charge is 0.228 e. The lowest BCUT2D eigenvalue weighted by molar-refractivity contribution is -0.132. The summed E-state index contributed by atoms with van der Waals surface area (Å²) < 4.78 is 5.29. The number of rotatable bonds is 6. The molecule has 178 valence electrons. The molecule has 1 heterocycles. The summed E-state index contributed by atoms with van der Waals surface area (Å²) in [6.45, 7) is 5.27. The minimum atomic E-state index is 0.193. The van der Waals surface area contributed by atoms with E-state index in [2.05, 4.69) is 24.1 Å². The molecule has 2 N–H and O–H groups in total. The Labute approximate surface area is 197 Å². The van der Waals surface area contributed by atoms with E-state index in [9.17, 15) is 4.79 Å². The van der Waals surface area contributed by atoms with Crippen molar-refractivity contribution in [1.29, 1.82) is 5.41 Å². The van der Waals surface area contributed by atoms with Crippen LogP contribution in [0.5, 0.6) is 0 Å². The van der Waals surface area contributed by atoms with Crippen molar-refractivity contribution in [2.45, 2.75) is 65.2 Å². The van der Waals surface area contributed by atoms with Gasteiger partial charge in [-0.2, -0.15) is 0 Å². The quantitative estimate of drug-likeness (QED) is 0.555. The zero-order valence-electron chi connectivity index (χ0n) is 20.1. The van der Waals surface area contributed by atoms with Crippen LogP contribution in [0.25, 0.3) is 5.57 Å². The molecule has 5 fully saturated rings. The van der Waals surface area contributed by atoms with Crippen molar-refractivity contribution in [3.8, 4) is 0 Å². The highest BCUT2D eigenvalue weighted by Crippen LogP contribution is 2.74. The highest BCUT2D eigenvalue weighted by molar-refractivity contribution is 6.06. The van der Waals surface area contributed by atoms with Crippen LogP contribution >= 0.6 is 0 Å². The molecule has 0 spiro atoms. The number of fused-ring (bicyclic) bond motifs is 7. The molecule has 5 aliphatic carbocycles. The Morgan fingerprint density at radius 1 is 1.15 bits per heavy atom. The molecule has 0 radical (unpaired) electrons. The van der Waals surface area contributed by atoms with Gasteiger partial charge in [0.05, 0.1) is 18.3 Å². The molecule has 33 heavy (non-hydrogen) atoms. The Bertz CT molecular complexity index is 939. The maximum absolute atomic E-state index is 13.5. The number of carbonyl (C=O) groups is 1. The summed E-state index contributed by atoms with van der Waals surface area (Å²) in [5.74, 6) is 7.87. The van der Waals surface area contributed by atoms with Gasteiger partial charge in [-0.25, -0.2) is 4.98 Å². The summed E-state index contributed by atoms with van der Waals surface area (Å²) in [7, 11) is 0. The molecule has 1 aromatic heterocycles. The molecular weight excluding hydrogens is 410 g/mol. The third kappa shape index (κ3) is 3.44. The summed E-state index contributed by atoms with van der Waals surface area (Å²) >= 11 is 0. The van der Waals surface area contributed by atoms with Gasteiger partial charge in [0.25, 0.3) is 0 Å². The number of hydrogen-bond donors (Lipinski definition) is 2. The second-order valence-electron chi connectivity index (χ2n) is 12.3. The van der Waals surface area contributed by atoms with Crippen molar-refractivity contribution < 1.29 is 9.21 Å². The fourth-order valence-corrected chi connectivity index (χ4v) is 9.56. The monoisotopic (exact) mass is 449 g/mol. The van der Waals surface area contributed by atoms with E-state index >= 15 is 0 Å². The number of allylic oxidation sites excluding steroid dienone is 1. The molecule has 10 atom stereocenters. The fraction of sp³-hybridized carbons (Fsp3) is 0.750. The number of hydrogen-bond acceptors (Lipinski definition) is 5. The molecule has 5 saturated carbocycles. The van der Waals surface area contributed by atoms with E-state index in [0.717, 1.165) is 41.4 Å². The highest BCUT2D eigenvalue weighted by atomic mass is 16.3. The summed E-state index contributed by atoms with van der Waals surface area (Å²) in [5.41, 5.74) is 0.755. The van der Waals surface area contributed by atoms with Crippen LogP contribution in [-0.4, -0.2) is 23.5 Å². The van der Waals surface area contributed by atoms with Crippen LogP contribution in [0.4, 0.5) is 0 Å². The van der Waals surface area contributed by atoms with Crippen LogP contribution in [-0.2, 0) is 4.79 Å². The van der Waals surface area contributed by atoms with E-state index < -0.39 is 0 Å². The third-order valence-electron chi connectivity index (χ3n) is 10.7. The summed E-state index contributed by atoms with van der Waals surface area (Å²) in [5, 5.41) is 10.8. The van der Waals surface area contributed by atoms with Crippen LogP contribution in [0.1, 0.15) is 71.1 Å². The largest absolute Gasteiger partial charge is 0.444 e. The van der Waals surface area contributed by atoms with E-state index in [1.54, 1.807) is 12.4 Å². The molecule has 5 nitrogen and oxygen atoms in total. The second-order valence-corrected chi connectivity index (χ2v) is 12.3. The molecule has 0 saturated heterocycles. The second kappa shape index (κ2) is 8.09. The third-order valence-corrected chi connectivity index (χ3v) is 10.7. The summed E-state index contributed by atoms with van der Waals surface area (Å²) in [6, 6.07) is 0. The van der Waals surface area contributed by atoms with E-state index in [0.29, 0.717) is 29.7 Å². The average Bonchev–Trinajstić information content (AvgIpc) is 3.25. The van der Waals surface area contributed by atoms with Gasteiger partial charge in [-0.15, -0.1) is 0 Å². The maximum atomic E-state index is 13.5. The van der Waals surface area contributed by atoms with Gasteiger partial charge in [0.1, 0.15) is 6.26 Å². The van der Waals surface area contributed by atoms with Crippen molar-refractivity contribution in [2.75, 3.05) is 6.54 Å². The summed E-state index contributed by atoms with van der Waals surface area (Å²) in [6.07, 6.45) is 17.1. The first kappa shape index (κ1) is 21.6. The molecule has 6 rings (SSSR count). The minimum absolute atomic E-state index is 0.193. The van der Waals surface area contributed by atoms with Crippen molar-refractivity contribution in [1.82, 2.24) is 10.3 Å². The molecule has 1 aromatic rings. The Kier molecular flexibility index (Phi) is 5.30. The molecule has 0 bridgehead atoms. The maximum Gasteiger partial charge on any atom is 0.228 e. The number of nitrogens with zero attached hydrogens (tertiary/aromatic N) is 1. The van der Waals surface area contributed by atoms with Crippen LogP contribution in [0.2, 0.25) is 0 Å². The lowest BCUT2D eigenvalue weighted by atomic mass is 9.48. The number of Topliss-reactive ketones (excluding diaryl/α,β-unsaturated/α-hetero) is 1. The predicted molar refractivity (Wildman–Crippen MR) is 128 cm³/mol. The zero-order chi connectivity index (χ0) is 22.7. The van der Waals surface area contributed by atoms with Gasteiger partial charge in [0, 0.05) is 18.3 Å². The van der Waals surface area contributed by atoms with E-state index in [4.69, 9.17) is 9.83 Å². The van der Waals surface area contributed by atoms with E-state index in [1.807, 2.05) is 0 Å². The Hall–Kier alpha value is -1.91. The molecule has 0 amide bonds. The van der Waals surface area contributed by atoms with E-state index in [1.165, 1.54) is 63.8 Å². The first-order chi connectivity index (χ1) is 16.0. The first-order valence-corrected chi connectivity index (χ1v) is 13.4. The number of oxazole rings is 1. The van der Waals surface area contributed by atoms with Crippen LogP contribution < -0.4 is 5.32 Å². The van der Waals surface area contributed by atoms with Crippen LogP contribution in [0.15, 0.2) is 23.1 Å². The minimum Gasteiger partial charge on any atom is -0.444 e. The molecule has 5 heteroatoms. The Morgan fingerprint density at radius 3 is 2.79 bits per heavy atom. The number of aromatic nitrogens is 1. The van der Waals surface area contributed by atoms with Crippen LogP contribution in [0, 0.1) is 64.1 Å². The number of carbonyl (C=O) groups excluding carboxylic acids is 1. The predicted octanol–water partition coefficient (Wildman–Crippen LogP) is 5.58. The SMILES string of the molecule is CC1CCC2C(CCC3C2CCC2(C)C(C(=O)CN/C=C(\C=N)c4ncco4)C4CC4C32)C1. The van der Waals surface area contributed by atoms with Crippen molar-refractivity contribution in [2.24, 2.45) is 58.7 Å². The van der Waals surface area contributed by atoms with Crippen molar-refractivity contribution in [3.05, 3.63) is 24.6 Å². The molecule has 0 aliphatic heterocycles. The Morgan fingerprint density at radius 2 is 2.00 bits per heavy atom. The lowest BCUT2D eigenvalue weighted by Crippen LogP contribution is -2.51. The highest BCUT2D eigenvalue weighted by Gasteiger charge is 2.70. The number of ketones is 1. The van der Waals surface area contributed by atoms with Gasteiger partial charge >= 0.3 is 0 Å². The van der Waals surface area contributed by atoms with Gasteiger partial charge in [-0.3, -0.25) is 4.79 Å². The van der Waals surface area contributed by atoms with Crippen molar-refractivity contribution in [3.63, 3.8) is 0 Å². The van der Waals surface area contributed by atoms with Gasteiger partial charge in [-0.05, 0) is 97.7 Å². The fourth-order valence-electron chi connectivity index (χ4n) is 9.56. The zero-order valence-corrected chi connectivity index (χ0v) is 20.1. The molecule has 10 unspecified atom stereocenters. The molecule has 5 aliphatic rings. The Balaban J connectivity index is 1.16. The van der Waals surface area contributed by atoms with Gasteiger partial charge in [0.2, 0.25) is 5.89 Å². The van der Waals surface area contributed by atoms with Gasteiger partial charge in [0.15, 0.2) is 5.78 Å². The molecule has 0 aromatic carbocycles. The van der Waals surface area contributed by atoms with Gasteiger partial charge in [-0.1, -0.05) is 20.3 Å². The molecular formula is C28H39N3O2. The topological polar surface area (TPSA) is 79.0 Å². The van der Waals surface area contributed by atoms with Crippen LogP contribution in [0.3, 0.4) is 0 Å². The standard InChI is InChI=1S/C28H39N3O2/c1-16-3-5-19-17(11-16)4-6-21-20(19)7-8-28(2)25(21)22-12-23(22)26(28)24(32)15-30-14-18(13-29)27-31-9-10-33-27/h9-10,13-14,16-17,19-23,25-26,29-30H,3-8,11-12,15H2,1-2H3/b18-14+,29-13?. The average molecular weight is 450 g/mol. The first-order valence-electron chi connectivity index (χ1n) is 13.4. The summed E-state index contributed by atoms with van der Waals surface area (Å²) in [4.78, 5) is 17.6. The lowest BCUT2D eigenvalue weighted by Gasteiger charge is -2.57. The van der Waals surface area contributed by atoms with Gasteiger partial charge < -0.3 is 15.1 Å².